The highest BCUT2D eigenvalue weighted by Gasteiger charge is 2.13. The van der Waals surface area contributed by atoms with Gasteiger partial charge in [0.15, 0.2) is 5.78 Å². The van der Waals surface area contributed by atoms with Gasteiger partial charge in [-0.2, -0.15) is 11.8 Å². The van der Waals surface area contributed by atoms with E-state index in [0.717, 1.165) is 16.9 Å². The average molecular weight is 238 g/mol. The van der Waals surface area contributed by atoms with Gasteiger partial charge in [0, 0.05) is 0 Å². The van der Waals surface area contributed by atoms with Gasteiger partial charge in [0.2, 0.25) is 0 Å². The number of ketones is 1. The first kappa shape index (κ1) is 13.1. The molecular weight excluding hydrogens is 220 g/mol. The summed E-state index contributed by atoms with van der Waals surface area (Å²) in [5.41, 5.74) is 2.98. The Bertz CT molecular complexity index is 386. The Morgan fingerprint density at radius 3 is 2.50 bits per heavy atom. The van der Waals surface area contributed by atoms with E-state index in [1.54, 1.807) is 18.9 Å². The lowest BCUT2D eigenvalue weighted by molar-refractivity contribution is 0.101. The van der Waals surface area contributed by atoms with Gasteiger partial charge in [-0.05, 0) is 42.9 Å². The zero-order valence-corrected chi connectivity index (χ0v) is 11.1. The van der Waals surface area contributed by atoms with E-state index in [1.165, 1.54) is 0 Å². The molecule has 0 fully saturated rings. The Morgan fingerprint density at radius 1 is 1.31 bits per heavy atom. The van der Waals surface area contributed by atoms with Crippen molar-refractivity contribution in [3.05, 3.63) is 28.8 Å². The zero-order chi connectivity index (χ0) is 12.1. The van der Waals surface area contributed by atoms with Gasteiger partial charge >= 0.3 is 0 Å². The molecule has 88 valence electrons. The molecular formula is C13H18O2S. The number of carbonyl (C=O) groups is 1. The minimum absolute atomic E-state index is 0.145. The van der Waals surface area contributed by atoms with Crippen molar-refractivity contribution in [1.82, 2.24) is 0 Å². The summed E-state index contributed by atoms with van der Waals surface area (Å²) in [6, 6.07) is 3.85. The van der Waals surface area contributed by atoms with E-state index in [9.17, 15) is 4.79 Å². The molecule has 1 aromatic rings. The second-order valence-corrected chi connectivity index (χ2v) is 4.97. The van der Waals surface area contributed by atoms with Gasteiger partial charge in [-0.3, -0.25) is 4.79 Å². The fraction of sp³-hybridized carbons (Fsp3) is 0.462. The Morgan fingerprint density at radius 2 is 1.94 bits per heavy atom. The molecule has 0 spiro atoms. The summed E-state index contributed by atoms with van der Waals surface area (Å²) in [5.74, 6) is 2.31. The van der Waals surface area contributed by atoms with Gasteiger partial charge in [-0.15, -0.1) is 0 Å². The summed E-state index contributed by atoms with van der Waals surface area (Å²) in [6.45, 7) is 6.08. The highest BCUT2D eigenvalue weighted by molar-refractivity contribution is 7.99. The lowest BCUT2D eigenvalue weighted by Gasteiger charge is -2.10. The average Bonchev–Trinajstić information content (AvgIpc) is 2.28. The summed E-state index contributed by atoms with van der Waals surface area (Å²) >= 11 is 1.64. The van der Waals surface area contributed by atoms with Crippen LogP contribution in [0.5, 0.6) is 5.75 Å². The molecule has 0 N–H and O–H groups in total. The van der Waals surface area contributed by atoms with E-state index >= 15 is 0 Å². The van der Waals surface area contributed by atoms with Crippen LogP contribution in [0.4, 0.5) is 0 Å². The number of Topliss-reactive ketones (excluding diaryl/α,β-unsaturated/α-hetero) is 1. The standard InChI is InChI=1S/C13H18O2S/c1-5-16-8-12(14)11-6-9(2)10(3)7-13(11)15-4/h6-7H,5,8H2,1-4H3. The van der Waals surface area contributed by atoms with Gasteiger partial charge in [0.1, 0.15) is 5.75 Å². The van der Waals surface area contributed by atoms with Gasteiger partial charge < -0.3 is 4.74 Å². The SMILES string of the molecule is CCSCC(=O)c1cc(C)c(C)cc1OC. The molecule has 0 bridgehead atoms. The van der Waals surface area contributed by atoms with Crippen LogP contribution in [0.2, 0.25) is 0 Å². The van der Waals surface area contributed by atoms with Crippen LogP contribution in [0.25, 0.3) is 0 Å². The van der Waals surface area contributed by atoms with E-state index in [4.69, 9.17) is 4.74 Å². The maximum absolute atomic E-state index is 11.9. The fourth-order valence-electron chi connectivity index (χ4n) is 1.45. The number of methoxy groups -OCH3 is 1. The third-order valence-corrected chi connectivity index (χ3v) is 3.43. The number of benzene rings is 1. The van der Waals surface area contributed by atoms with E-state index in [2.05, 4.69) is 6.92 Å². The second-order valence-electron chi connectivity index (χ2n) is 3.70. The summed E-state index contributed by atoms with van der Waals surface area (Å²) in [6.07, 6.45) is 0. The van der Waals surface area contributed by atoms with Crippen molar-refractivity contribution >= 4 is 17.5 Å². The molecule has 0 saturated carbocycles. The van der Waals surface area contributed by atoms with Crippen molar-refractivity contribution in [1.29, 1.82) is 0 Å². The number of hydrogen-bond donors (Lipinski definition) is 0. The largest absolute Gasteiger partial charge is 0.496 e. The minimum Gasteiger partial charge on any atom is -0.496 e. The molecule has 2 nitrogen and oxygen atoms in total. The first-order valence-corrected chi connectivity index (χ1v) is 6.51. The van der Waals surface area contributed by atoms with Crippen LogP contribution in [0, 0.1) is 13.8 Å². The highest BCUT2D eigenvalue weighted by Crippen LogP contribution is 2.24. The number of aryl methyl sites for hydroxylation is 2. The topological polar surface area (TPSA) is 26.3 Å². The lowest BCUT2D eigenvalue weighted by Crippen LogP contribution is -2.06. The maximum atomic E-state index is 11.9. The summed E-state index contributed by atoms with van der Waals surface area (Å²) in [5, 5.41) is 0. The molecule has 3 heteroatoms. The maximum Gasteiger partial charge on any atom is 0.176 e. The van der Waals surface area contributed by atoms with Crippen molar-refractivity contribution in [2.24, 2.45) is 0 Å². The minimum atomic E-state index is 0.145. The second kappa shape index (κ2) is 5.94. The molecule has 0 saturated heterocycles. The van der Waals surface area contributed by atoms with Crippen LogP contribution in [0.1, 0.15) is 28.4 Å². The van der Waals surface area contributed by atoms with E-state index in [0.29, 0.717) is 17.1 Å². The Labute approximate surface area is 101 Å². The quantitative estimate of drug-likeness (QED) is 0.737. The smallest absolute Gasteiger partial charge is 0.176 e. The van der Waals surface area contributed by atoms with Crippen LogP contribution >= 0.6 is 11.8 Å². The Balaban J connectivity index is 3.02. The van der Waals surface area contributed by atoms with Gasteiger partial charge in [-0.1, -0.05) is 6.92 Å². The molecule has 0 aliphatic heterocycles. The summed E-state index contributed by atoms with van der Waals surface area (Å²) in [7, 11) is 1.61. The Kier molecular flexibility index (Phi) is 4.87. The molecule has 0 atom stereocenters. The molecule has 1 aromatic carbocycles. The summed E-state index contributed by atoms with van der Waals surface area (Å²) in [4.78, 5) is 11.9. The van der Waals surface area contributed by atoms with E-state index in [1.807, 2.05) is 26.0 Å². The van der Waals surface area contributed by atoms with Crippen molar-refractivity contribution in [3.8, 4) is 5.75 Å². The molecule has 0 heterocycles. The molecule has 0 aromatic heterocycles. The van der Waals surface area contributed by atoms with Gasteiger partial charge in [-0.25, -0.2) is 0 Å². The van der Waals surface area contributed by atoms with Crippen molar-refractivity contribution < 1.29 is 9.53 Å². The van der Waals surface area contributed by atoms with Crippen LogP contribution in [0.3, 0.4) is 0 Å². The monoisotopic (exact) mass is 238 g/mol. The third-order valence-electron chi connectivity index (χ3n) is 2.55. The molecule has 1 rings (SSSR count). The number of rotatable bonds is 5. The van der Waals surface area contributed by atoms with Gasteiger partial charge in [0.25, 0.3) is 0 Å². The van der Waals surface area contributed by atoms with Gasteiger partial charge in [0.05, 0.1) is 18.4 Å². The molecule has 16 heavy (non-hydrogen) atoms. The van der Waals surface area contributed by atoms with Crippen LogP contribution in [-0.4, -0.2) is 24.4 Å². The molecule has 0 unspecified atom stereocenters. The molecule has 0 aliphatic carbocycles. The van der Waals surface area contributed by atoms with E-state index in [-0.39, 0.29) is 5.78 Å². The number of hydrogen-bond acceptors (Lipinski definition) is 3. The van der Waals surface area contributed by atoms with Crippen molar-refractivity contribution in [3.63, 3.8) is 0 Å². The van der Waals surface area contributed by atoms with E-state index < -0.39 is 0 Å². The van der Waals surface area contributed by atoms with Crippen LogP contribution < -0.4 is 4.74 Å². The molecule has 0 aliphatic rings. The highest BCUT2D eigenvalue weighted by atomic mass is 32.2. The Hall–Kier alpha value is -0.960. The van der Waals surface area contributed by atoms with Crippen LogP contribution in [0.15, 0.2) is 12.1 Å². The normalized spacial score (nSPS) is 10.2. The summed E-state index contributed by atoms with van der Waals surface area (Å²) < 4.78 is 5.25. The fourth-order valence-corrected chi connectivity index (χ4v) is 1.99. The predicted octanol–water partition coefficient (Wildman–Crippen LogP) is 3.25. The molecule has 0 radical (unpaired) electrons. The van der Waals surface area contributed by atoms with Crippen molar-refractivity contribution in [2.45, 2.75) is 20.8 Å². The first-order valence-electron chi connectivity index (χ1n) is 5.36. The predicted molar refractivity (Wildman–Crippen MR) is 69.8 cm³/mol. The van der Waals surface area contributed by atoms with Crippen LogP contribution in [-0.2, 0) is 0 Å². The van der Waals surface area contributed by atoms with Crippen molar-refractivity contribution in [2.75, 3.05) is 18.6 Å². The number of carbonyl (C=O) groups excluding carboxylic acids is 1. The molecule has 0 amide bonds. The lowest BCUT2D eigenvalue weighted by atomic mass is 10.0. The number of ether oxygens (including phenoxy) is 1. The first-order chi connectivity index (χ1) is 7.60. The third kappa shape index (κ3) is 3.01. The number of thioether (sulfide) groups is 1. The zero-order valence-electron chi connectivity index (χ0n) is 10.3.